The first-order valence-electron chi connectivity index (χ1n) is 7.82. The molecule has 1 N–H and O–H groups in total. The van der Waals surface area contributed by atoms with E-state index in [-0.39, 0.29) is 9.92 Å². The maximum absolute atomic E-state index is 12.5. The molecule has 0 aliphatic carbocycles. The number of sulfonamides is 1. The fraction of sp³-hybridized carbons (Fsp3) is 0.111. The lowest BCUT2D eigenvalue weighted by Crippen LogP contribution is -2.12. The van der Waals surface area contributed by atoms with E-state index in [9.17, 15) is 8.42 Å². The predicted molar refractivity (Wildman–Crippen MR) is 102 cm³/mol. The lowest BCUT2D eigenvalue weighted by Gasteiger charge is -2.10. The van der Waals surface area contributed by atoms with Crippen molar-refractivity contribution in [2.45, 2.75) is 11.8 Å². The van der Waals surface area contributed by atoms with Crippen molar-refractivity contribution in [3.05, 3.63) is 65.3 Å². The molecular formula is C18H16ClN3O4S. The number of rotatable bonds is 6. The summed E-state index contributed by atoms with van der Waals surface area (Å²) in [5.41, 5.74) is 1.16. The maximum atomic E-state index is 12.5. The molecule has 9 heteroatoms. The second-order valence-corrected chi connectivity index (χ2v) is 7.63. The van der Waals surface area contributed by atoms with Gasteiger partial charge >= 0.3 is 0 Å². The Morgan fingerprint density at radius 1 is 1.00 bits per heavy atom. The van der Waals surface area contributed by atoms with Gasteiger partial charge in [0.05, 0.1) is 22.7 Å². The number of aromatic nitrogens is 2. The van der Waals surface area contributed by atoms with Gasteiger partial charge < -0.3 is 9.47 Å². The van der Waals surface area contributed by atoms with Gasteiger partial charge in [0.2, 0.25) is 5.88 Å². The Bertz CT molecular complexity index is 1040. The van der Waals surface area contributed by atoms with Crippen LogP contribution in [-0.2, 0) is 10.0 Å². The van der Waals surface area contributed by atoms with Crippen LogP contribution in [0, 0.1) is 6.92 Å². The lowest BCUT2D eigenvalue weighted by atomic mass is 10.3. The van der Waals surface area contributed by atoms with E-state index < -0.39 is 10.0 Å². The topological polar surface area (TPSA) is 90.4 Å². The molecular weight excluding hydrogens is 390 g/mol. The van der Waals surface area contributed by atoms with Crippen molar-refractivity contribution in [2.75, 3.05) is 11.8 Å². The molecule has 0 radical (unpaired) electrons. The Morgan fingerprint density at radius 2 is 1.74 bits per heavy atom. The first kappa shape index (κ1) is 18.9. The smallest absolute Gasteiger partial charge is 0.261 e. The Kier molecular flexibility index (Phi) is 5.48. The van der Waals surface area contributed by atoms with Gasteiger partial charge in [-0.1, -0.05) is 11.6 Å². The number of nitrogens with one attached hydrogen (secondary N) is 1. The molecule has 0 spiro atoms. The number of nitrogens with zero attached hydrogens (tertiary/aromatic N) is 2. The van der Waals surface area contributed by atoms with Gasteiger partial charge in [-0.3, -0.25) is 4.72 Å². The highest BCUT2D eigenvalue weighted by molar-refractivity contribution is 7.92. The maximum Gasteiger partial charge on any atom is 0.261 e. The summed E-state index contributed by atoms with van der Waals surface area (Å²) in [6.45, 7) is 1.83. The zero-order chi connectivity index (χ0) is 19.4. The van der Waals surface area contributed by atoms with Crippen LogP contribution in [0.15, 0.2) is 59.5 Å². The number of halogens is 1. The zero-order valence-corrected chi connectivity index (χ0v) is 16.1. The molecule has 0 amide bonds. The predicted octanol–water partition coefficient (Wildman–Crippen LogP) is 4.04. The monoisotopic (exact) mass is 405 g/mol. The number of hydrogen-bond acceptors (Lipinski definition) is 6. The SMILES string of the molecule is COc1ccc(S(=O)(=O)Nc2ccc(Oc3ccc(C)nn3)cc2)cc1Cl. The van der Waals surface area contributed by atoms with Crippen molar-refractivity contribution in [3.63, 3.8) is 0 Å². The van der Waals surface area contributed by atoms with Gasteiger partial charge in [0.15, 0.2) is 0 Å². The molecule has 0 saturated carbocycles. The van der Waals surface area contributed by atoms with Crippen LogP contribution >= 0.6 is 11.6 Å². The Hall–Kier alpha value is -2.84. The summed E-state index contributed by atoms with van der Waals surface area (Å²) in [7, 11) is -2.33. The van der Waals surface area contributed by atoms with Crippen LogP contribution in [0.4, 0.5) is 5.69 Å². The summed E-state index contributed by atoms with van der Waals surface area (Å²) >= 11 is 6.00. The van der Waals surface area contributed by atoms with Crippen molar-refractivity contribution < 1.29 is 17.9 Å². The Morgan fingerprint density at radius 3 is 2.33 bits per heavy atom. The summed E-state index contributed by atoms with van der Waals surface area (Å²) in [5.74, 6) is 1.25. The van der Waals surface area contributed by atoms with Crippen molar-refractivity contribution in [1.82, 2.24) is 10.2 Å². The van der Waals surface area contributed by atoms with E-state index in [1.165, 1.54) is 25.3 Å². The minimum Gasteiger partial charge on any atom is -0.495 e. The largest absolute Gasteiger partial charge is 0.495 e. The summed E-state index contributed by atoms with van der Waals surface area (Å²) in [6, 6.07) is 14.1. The number of ether oxygens (including phenoxy) is 2. The third-order valence-electron chi connectivity index (χ3n) is 3.54. The average Bonchev–Trinajstić information content (AvgIpc) is 2.65. The second kappa shape index (κ2) is 7.81. The van der Waals surface area contributed by atoms with Gasteiger partial charge in [0.25, 0.3) is 10.0 Å². The molecule has 1 heterocycles. The number of benzene rings is 2. The minimum atomic E-state index is -3.79. The Labute approximate surface area is 162 Å². The van der Waals surface area contributed by atoms with Crippen LogP contribution in [0.5, 0.6) is 17.4 Å². The molecule has 0 fully saturated rings. The van der Waals surface area contributed by atoms with E-state index >= 15 is 0 Å². The molecule has 3 aromatic rings. The zero-order valence-electron chi connectivity index (χ0n) is 14.5. The van der Waals surface area contributed by atoms with Crippen molar-refractivity contribution in [3.8, 4) is 17.4 Å². The molecule has 2 aromatic carbocycles. The van der Waals surface area contributed by atoms with Crippen LogP contribution in [0.1, 0.15) is 5.69 Å². The van der Waals surface area contributed by atoms with E-state index in [1.54, 1.807) is 36.4 Å². The van der Waals surface area contributed by atoms with Crippen LogP contribution in [0.3, 0.4) is 0 Å². The van der Waals surface area contributed by atoms with Crippen molar-refractivity contribution in [1.29, 1.82) is 0 Å². The molecule has 0 saturated heterocycles. The first-order chi connectivity index (χ1) is 12.9. The van der Waals surface area contributed by atoms with Gasteiger partial charge in [-0.2, -0.15) is 5.10 Å². The second-order valence-electron chi connectivity index (χ2n) is 5.54. The number of aryl methyl sites for hydroxylation is 1. The molecule has 0 unspecified atom stereocenters. The highest BCUT2D eigenvalue weighted by atomic mass is 35.5. The molecule has 1 aromatic heterocycles. The lowest BCUT2D eigenvalue weighted by molar-refractivity contribution is 0.414. The van der Waals surface area contributed by atoms with E-state index in [1.807, 2.05) is 6.92 Å². The summed E-state index contributed by atoms with van der Waals surface area (Å²) < 4.78 is 38.1. The van der Waals surface area contributed by atoms with Gasteiger partial charge in [-0.25, -0.2) is 8.42 Å². The van der Waals surface area contributed by atoms with Crippen molar-refractivity contribution >= 4 is 27.3 Å². The number of hydrogen-bond donors (Lipinski definition) is 1. The quantitative estimate of drug-likeness (QED) is 0.665. The normalized spacial score (nSPS) is 11.1. The molecule has 7 nitrogen and oxygen atoms in total. The Balaban J connectivity index is 1.73. The fourth-order valence-electron chi connectivity index (χ4n) is 2.18. The molecule has 0 aliphatic rings. The van der Waals surface area contributed by atoms with Gasteiger partial charge in [0.1, 0.15) is 11.5 Å². The van der Waals surface area contributed by atoms with Gasteiger partial charge in [0, 0.05) is 11.8 Å². The number of methoxy groups -OCH3 is 1. The standard InChI is InChI=1S/C18H16ClN3O4S/c1-12-3-10-18(21-20-12)26-14-6-4-13(5-7-14)22-27(23,24)15-8-9-17(25-2)16(19)11-15/h3-11,22H,1-2H3. The third kappa shape index (κ3) is 4.66. The minimum absolute atomic E-state index is 0.0311. The fourth-order valence-corrected chi connectivity index (χ4v) is 3.59. The van der Waals surface area contributed by atoms with Crippen molar-refractivity contribution in [2.24, 2.45) is 0 Å². The highest BCUT2D eigenvalue weighted by Gasteiger charge is 2.16. The van der Waals surface area contributed by atoms with Crippen LogP contribution in [-0.4, -0.2) is 25.7 Å². The average molecular weight is 406 g/mol. The van der Waals surface area contributed by atoms with E-state index in [4.69, 9.17) is 21.1 Å². The summed E-state index contributed by atoms with van der Waals surface area (Å²) in [6.07, 6.45) is 0. The third-order valence-corrected chi connectivity index (χ3v) is 5.21. The molecule has 0 aliphatic heterocycles. The molecule has 0 bridgehead atoms. The number of anilines is 1. The van der Waals surface area contributed by atoms with Crippen LogP contribution in [0.25, 0.3) is 0 Å². The highest BCUT2D eigenvalue weighted by Crippen LogP contribution is 2.28. The summed E-state index contributed by atoms with van der Waals surface area (Å²) in [5, 5.41) is 8.03. The summed E-state index contributed by atoms with van der Waals surface area (Å²) in [4.78, 5) is 0.0311. The first-order valence-corrected chi connectivity index (χ1v) is 9.68. The van der Waals surface area contributed by atoms with Gasteiger partial charge in [-0.05, 0) is 55.5 Å². The molecule has 140 valence electrons. The van der Waals surface area contributed by atoms with Gasteiger partial charge in [-0.15, -0.1) is 5.10 Å². The van der Waals surface area contributed by atoms with Crippen LogP contribution in [0.2, 0.25) is 5.02 Å². The van der Waals surface area contributed by atoms with E-state index in [0.717, 1.165) is 5.69 Å². The van der Waals surface area contributed by atoms with Crippen LogP contribution < -0.4 is 14.2 Å². The molecule has 0 atom stereocenters. The van der Waals surface area contributed by atoms with E-state index in [2.05, 4.69) is 14.9 Å². The van der Waals surface area contributed by atoms with E-state index in [0.29, 0.717) is 23.1 Å². The molecule has 3 rings (SSSR count). The molecule has 27 heavy (non-hydrogen) atoms.